The Bertz CT molecular complexity index is 438. The lowest BCUT2D eigenvalue weighted by Crippen LogP contribution is -2.36. The van der Waals surface area contributed by atoms with Gasteiger partial charge < -0.3 is 10.3 Å². The molecule has 1 fully saturated rings. The highest BCUT2D eigenvalue weighted by Gasteiger charge is 2.27. The van der Waals surface area contributed by atoms with E-state index in [1.54, 1.807) is 0 Å². The van der Waals surface area contributed by atoms with E-state index in [9.17, 15) is 4.79 Å². The van der Waals surface area contributed by atoms with Crippen LogP contribution >= 0.6 is 0 Å². The second-order valence-corrected chi connectivity index (χ2v) is 5.62. The van der Waals surface area contributed by atoms with Crippen LogP contribution in [0.25, 0.3) is 0 Å². The minimum Gasteiger partial charge on any atom is -0.370 e. The molecule has 1 aliphatic rings. The van der Waals surface area contributed by atoms with Crippen molar-refractivity contribution in [3.63, 3.8) is 0 Å². The van der Waals surface area contributed by atoms with Gasteiger partial charge in [0.2, 0.25) is 11.8 Å². The number of hydrogen-bond donors (Lipinski definition) is 1. The molecule has 6 nitrogen and oxygen atoms in total. The summed E-state index contributed by atoms with van der Waals surface area (Å²) in [5.41, 5.74) is 5.25. The van der Waals surface area contributed by atoms with E-state index in [1.165, 1.54) is 0 Å². The number of primary amides is 1. The smallest absolute Gasteiger partial charge is 0.243 e. The average Bonchev–Trinajstić information content (AvgIpc) is 2.87. The van der Waals surface area contributed by atoms with E-state index >= 15 is 0 Å². The molecule has 1 aliphatic heterocycles. The van der Waals surface area contributed by atoms with Crippen molar-refractivity contribution in [3.8, 4) is 0 Å². The molecule has 6 heteroatoms. The number of carbonyl (C=O) groups excluding carboxylic acids is 1. The highest BCUT2D eigenvalue weighted by atomic mass is 16.5. The molecule has 1 saturated heterocycles. The highest BCUT2D eigenvalue weighted by molar-refractivity contribution is 5.73. The van der Waals surface area contributed by atoms with Crippen LogP contribution in [0.1, 0.15) is 57.3 Å². The summed E-state index contributed by atoms with van der Waals surface area (Å²) in [6, 6.07) is 0.141. The van der Waals surface area contributed by atoms with Crippen LogP contribution in [0.3, 0.4) is 0 Å². The summed E-state index contributed by atoms with van der Waals surface area (Å²) in [4.78, 5) is 17.7. The third-order valence-electron chi connectivity index (χ3n) is 4.00. The van der Waals surface area contributed by atoms with Crippen molar-refractivity contribution in [3.05, 3.63) is 11.7 Å². The van der Waals surface area contributed by atoms with Crippen LogP contribution in [0.15, 0.2) is 4.52 Å². The molecule has 0 spiro atoms. The first-order valence-electron chi connectivity index (χ1n) is 7.45. The molecule has 112 valence electrons. The maximum absolute atomic E-state index is 10.9. The quantitative estimate of drug-likeness (QED) is 0.856. The van der Waals surface area contributed by atoms with Gasteiger partial charge in [-0.2, -0.15) is 4.98 Å². The van der Waals surface area contributed by atoms with E-state index in [0.29, 0.717) is 18.2 Å². The summed E-state index contributed by atoms with van der Waals surface area (Å²) in [7, 11) is 0. The zero-order valence-corrected chi connectivity index (χ0v) is 12.3. The van der Waals surface area contributed by atoms with Gasteiger partial charge in [0.15, 0.2) is 5.82 Å². The first kappa shape index (κ1) is 15.0. The molecule has 2 N–H and O–H groups in total. The summed E-state index contributed by atoms with van der Waals surface area (Å²) >= 11 is 0. The van der Waals surface area contributed by atoms with Gasteiger partial charge >= 0.3 is 0 Å². The Kier molecular flexibility index (Phi) is 5.11. The standard InChI is InChI=1S/C14H24N4O2/c1-3-4-13-16-14(20-17-13)10(2)18-7-5-11(6-8-18)9-12(15)19/h10-11H,3-9H2,1-2H3,(H2,15,19)/t10-/m0/s1. The molecule has 1 aromatic rings. The molecular formula is C14H24N4O2. The molecule has 20 heavy (non-hydrogen) atoms. The topological polar surface area (TPSA) is 85.3 Å². The van der Waals surface area contributed by atoms with Gasteiger partial charge in [0.05, 0.1) is 6.04 Å². The fourth-order valence-electron chi connectivity index (χ4n) is 2.75. The number of aromatic nitrogens is 2. The van der Waals surface area contributed by atoms with Gasteiger partial charge in [-0.3, -0.25) is 9.69 Å². The van der Waals surface area contributed by atoms with Crippen LogP contribution in [0.5, 0.6) is 0 Å². The van der Waals surface area contributed by atoms with E-state index in [1.807, 2.05) is 0 Å². The third kappa shape index (κ3) is 3.79. The number of amides is 1. The lowest BCUT2D eigenvalue weighted by Gasteiger charge is -2.34. The molecule has 2 heterocycles. The van der Waals surface area contributed by atoms with E-state index in [-0.39, 0.29) is 11.9 Å². The molecule has 2 rings (SSSR count). The Morgan fingerprint density at radius 1 is 1.50 bits per heavy atom. The normalized spacial score (nSPS) is 19.1. The van der Waals surface area contributed by atoms with Crippen LogP contribution in [-0.4, -0.2) is 34.0 Å². The van der Waals surface area contributed by atoms with Gasteiger partial charge in [-0.15, -0.1) is 0 Å². The first-order valence-corrected chi connectivity index (χ1v) is 7.45. The van der Waals surface area contributed by atoms with E-state index < -0.39 is 0 Å². The summed E-state index contributed by atoms with van der Waals surface area (Å²) in [6.45, 7) is 6.09. The summed E-state index contributed by atoms with van der Waals surface area (Å²) in [6.07, 6.45) is 4.39. The van der Waals surface area contributed by atoms with Crippen molar-refractivity contribution in [1.82, 2.24) is 15.0 Å². The zero-order chi connectivity index (χ0) is 14.5. The van der Waals surface area contributed by atoms with Crippen LogP contribution in [0.4, 0.5) is 0 Å². The average molecular weight is 280 g/mol. The van der Waals surface area contributed by atoms with Crippen LogP contribution in [0.2, 0.25) is 0 Å². The predicted molar refractivity (Wildman–Crippen MR) is 74.8 cm³/mol. The Labute approximate surface area is 119 Å². The number of carbonyl (C=O) groups is 1. The molecular weight excluding hydrogens is 256 g/mol. The number of likely N-dealkylation sites (tertiary alicyclic amines) is 1. The maximum Gasteiger partial charge on any atom is 0.243 e. The van der Waals surface area contributed by atoms with Gasteiger partial charge in [-0.1, -0.05) is 12.1 Å². The Morgan fingerprint density at radius 3 is 2.80 bits per heavy atom. The monoisotopic (exact) mass is 280 g/mol. The lowest BCUT2D eigenvalue weighted by molar-refractivity contribution is -0.119. The van der Waals surface area contributed by atoms with Crippen molar-refractivity contribution < 1.29 is 9.32 Å². The zero-order valence-electron chi connectivity index (χ0n) is 12.3. The largest absolute Gasteiger partial charge is 0.370 e. The Morgan fingerprint density at radius 2 is 2.20 bits per heavy atom. The van der Waals surface area contributed by atoms with Crippen molar-refractivity contribution in [1.29, 1.82) is 0 Å². The van der Waals surface area contributed by atoms with Gasteiger partial charge in [-0.25, -0.2) is 0 Å². The van der Waals surface area contributed by atoms with E-state index in [4.69, 9.17) is 10.3 Å². The SMILES string of the molecule is CCCc1noc([C@H](C)N2CCC(CC(N)=O)CC2)n1. The molecule has 0 radical (unpaired) electrons. The van der Waals surface area contributed by atoms with Crippen molar-refractivity contribution in [2.24, 2.45) is 11.7 Å². The molecule has 1 atom stereocenters. The van der Waals surface area contributed by atoms with Gasteiger partial charge in [0, 0.05) is 12.8 Å². The second kappa shape index (κ2) is 6.83. The molecule has 0 aliphatic carbocycles. The number of rotatable bonds is 6. The number of nitrogens with zero attached hydrogens (tertiary/aromatic N) is 3. The van der Waals surface area contributed by atoms with Gasteiger partial charge in [0.1, 0.15) is 0 Å². The fraction of sp³-hybridized carbons (Fsp3) is 0.786. The summed E-state index contributed by atoms with van der Waals surface area (Å²) < 4.78 is 5.35. The second-order valence-electron chi connectivity index (χ2n) is 5.62. The summed E-state index contributed by atoms with van der Waals surface area (Å²) in [5, 5.41) is 4.00. The number of piperidine rings is 1. The van der Waals surface area contributed by atoms with Gasteiger partial charge in [-0.05, 0) is 45.2 Å². The maximum atomic E-state index is 10.9. The van der Waals surface area contributed by atoms with Crippen LogP contribution in [0, 0.1) is 5.92 Å². The summed E-state index contributed by atoms with van der Waals surface area (Å²) in [5.74, 6) is 1.71. The predicted octanol–water partition coefficient (Wildman–Crippen LogP) is 1.67. The van der Waals surface area contributed by atoms with E-state index in [0.717, 1.165) is 44.6 Å². The molecule has 0 bridgehead atoms. The number of hydrogen-bond acceptors (Lipinski definition) is 5. The van der Waals surface area contributed by atoms with E-state index in [2.05, 4.69) is 28.9 Å². The lowest BCUT2D eigenvalue weighted by atomic mass is 9.92. The van der Waals surface area contributed by atoms with Crippen molar-refractivity contribution in [2.75, 3.05) is 13.1 Å². The van der Waals surface area contributed by atoms with Crippen molar-refractivity contribution >= 4 is 5.91 Å². The number of nitrogens with two attached hydrogens (primary N) is 1. The van der Waals surface area contributed by atoms with Crippen LogP contribution in [-0.2, 0) is 11.2 Å². The van der Waals surface area contributed by atoms with Gasteiger partial charge in [0.25, 0.3) is 0 Å². The minimum atomic E-state index is -0.197. The first-order chi connectivity index (χ1) is 9.60. The molecule has 1 aromatic heterocycles. The third-order valence-corrected chi connectivity index (χ3v) is 4.00. The molecule has 0 aromatic carbocycles. The van der Waals surface area contributed by atoms with Crippen LogP contribution < -0.4 is 5.73 Å². The Hall–Kier alpha value is -1.43. The molecule has 0 unspecified atom stereocenters. The van der Waals surface area contributed by atoms with Crippen molar-refractivity contribution in [2.45, 2.75) is 52.0 Å². The number of aryl methyl sites for hydroxylation is 1. The highest BCUT2D eigenvalue weighted by Crippen LogP contribution is 2.27. The fourth-order valence-corrected chi connectivity index (χ4v) is 2.75. The molecule has 0 saturated carbocycles. The minimum absolute atomic E-state index is 0.141. The Balaban J connectivity index is 1.87. The molecule has 1 amide bonds.